The highest BCUT2D eigenvalue weighted by atomic mass is 19.2. The van der Waals surface area contributed by atoms with Crippen LogP contribution in [0.3, 0.4) is 0 Å². The predicted molar refractivity (Wildman–Crippen MR) is 109 cm³/mol. The number of rotatable bonds is 6. The van der Waals surface area contributed by atoms with Crippen LogP contribution < -0.4 is 9.47 Å². The van der Waals surface area contributed by atoms with Crippen LogP contribution in [0, 0.1) is 23.5 Å². The van der Waals surface area contributed by atoms with Crippen LogP contribution in [0.25, 0.3) is 0 Å². The molecular weight excluding hydrogens is 377 g/mol. The van der Waals surface area contributed by atoms with Crippen molar-refractivity contribution in [2.75, 3.05) is 6.61 Å². The van der Waals surface area contributed by atoms with Gasteiger partial charge in [-0.25, -0.2) is 4.39 Å². The molecule has 0 unspecified atom stereocenters. The van der Waals surface area contributed by atoms with E-state index in [1.807, 2.05) is 6.08 Å². The molecule has 2 aliphatic rings. The summed E-state index contributed by atoms with van der Waals surface area (Å²) < 4.78 is 54.7. The molecule has 0 aromatic heterocycles. The van der Waals surface area contributed by atoms with Crippen LogP contribution in [0.15, 0.2) is 54.6 Å². The van der Waals surface area contributed by atoms with Gasteiger partial charge >= 0.3 is 0 Å². The van der Waals surface area contributed by atoms with Gasteiger partial charge < -0.3 is 9.47 Å². The third-order valence-corrected chi connectivity index (χ3v) is 5.77. The molecule has 1 saturated carbocycles. The van der Waals surface area contributed by atoms with E-state index in [2.05, 4.69) is 19.7 Å². The molecule has 1 aromatic rings. The Morgan fingerprint density at radius 1 is 1.24 bits per heavy atom. The van der Waals surface area contributed by atoms with Gasteiger partial charge in [0.15, 0.2) is 23.1 Å². The smallest absolute Gasteiger partial charge is 0.205 e. The van der Waals surface area contributed by atoms with Gasteiger partial charge in [0.25, 0.3) is 0 Å². The molecule has 0 amide bonds. The highest BCUT2D eigenvalue weighted by molar-refractivity contribution is 5.52. The van der Waals surface area contributed by atoms with E-state index in [-0.39, 0.29) is 29.3 Å². The maximum atomic E-state index is 14.7. The Labute approximate surface area is 170 Å². The number of halogens is 3. The number of fused-ring (bicyclic) bond motifs is 1. The minimum absolute atomic E-state index is 0.144. The number of benzene rings is 1. The molecule has 1 fully saturated rings. The fourth-order valence-corrected chi connectivity index (χ4v) is 3.78. The van der Waals surface area contributed by atoms with Crippen molar-refractivity contribution in [1.82, 2.24) is 0 Å². The molecule has 0 bridgehead atoms. The second-order valence-electron chi connectivity index (χ2n) is 7.80. The number of hydrogen-bond donors (Lipinski definition) is 0. The van der Waals surface area contributed by atoms with Crippen LogP contribution in [-0.4, -0.2) is 6.61 Å². The molecule has 1 aliphatic carbocycles. The van der Waals surface area contributed by atoms with Crippen LogP contribution in [-0.2, 0) is 6.42 Å². The first-order chi connectivity index (χ1) is 13.8. The Hall–Kier alpha value is -2.43. The van der Waals surface area contributed by atoms with Gasteiger partial charge in [-0.15, -0.1) is 6.58 Å². The molecule has 3 rings (SSSR count). The van der Waals surface area contributed by atoms with Gasteiger partial charge in [-0.1, -0.05) is 26.2 Å². The predicted octanol–water partition coefficient (Wildman–Crippen LogP) is 6.97. The van der Waals surface area contributed by atoms with E-state index >= 15 is 0 Å². The Morgan fingerprint density at radius 2 is 1.93 bits per heavy atom. The average Bonchev–Trinajstić information content (AvgIpc) is 2.74. The third-order valence-electron chi connectivity index (χ3n) is 5.77. The fraction of sp³-hybridized carbons (Fsp3) is 0.417. The molecule has 156 valence electrons. The van der Waals surface area contributed by atoms with Gasteiger partial charge in [0.05, 0.1) is 6.61 Å². The first-order valence-corrected chi connectivity index (χ1v) is 10.1. The van der Waals surface area contributed by atoms with Gasteiger partial charge in [-0.05, 0) is 61.2 Å². The molecule has 0 atom stereocenters. The van der Waals surface area contributed by atoms with Crippen molar-refractivity contribution in [2.45, 2.75) is 45.4 Å². The lowest BCUT2D eigenvalue weighted by Crippen LogP contribution is -2.20. The van der Waals surface area contributed by atoms with E-state index in [0.717, 1.165) is 25.7 Å². The first kappa shape index (κ1) is 21.3. The molecule has 29 heavy (non-hydrogen) atoms. The van der Waals surface area contributed by atoms with E-state index in [9.17, 15) is 13.2 Å². The molecule has 1 heterocycles. The molecule has 0 saturated heterocycles. The third kappa shape index (κ3) is 4.44. The Morgan fingerprint density at radius 3 is 2.55 bits per heavy atom. The summed E-state index contributed by atoms with van der Waals surface area (Å²) in [4.78, 5) is 0. The lowest BCUT2D eigenvalue weighted by atomic mass is 9.82. The topological polar surface area (TPSA) is 18.5 Å². The fourth-order valence-electron chi connectivity index (χ4n) is 3.78. The zero-order chi connectivity index (χ0) is 21.1. The van der Waals surface area contributed by atoms with Crippen molar-refractivity contribution >= 4 is 0 Å². The van der Waals surface area contributed by atoms with Crippen LogP contribution in [0.5, 0.6) is 11.5 Å². The number of allylic oxidation sites excluding steroid dienone is 4. The van der Waals surface area contributed by atoms with Crippen molar-refractivity contribution in [3.05, 3.63) is 71.8 Å². The van der Waals surface area contributed by atoms with Crippen molar-refractivity contribution in [2.24, 2.45) is 11.8 Å². The average molecular weight is 404 g/mol. The zero-order valence-corrected chi connectivity index (χ0v) is 16.8. The summed E-state index contributed by atoms with van der Waals surface area (Å²) in [7, 11) is 0. The summed E-state index contributed by atoms with van der Waals surface area (Å²) in [6, 6.07) is 1.43. The van der Waals surface area contributed by atoms with E-state index < -0.39 is 17.5 Å². The highest BCUT2D eigenvalue weighted by Crippen LogP contribution is 2.41. The SMILES string of the molecule is C=CC1CCC(COc2cc3c(c(F)c2F)O/C(=C(\F)C(=C)CC)C(=C)C3)CC1. The Bertz CT molecular complexity index is 861. The number of ether oxygens (including phenoxy) is 2. The van der Waals surface area contributed by atoms with Gasteiger partial charge in [-0.2, -0.15) is 8.78 Å². The normalized spacial score (nSPS) is 23.1. The first-order valence-electron chi connectivity index (χ1n) is 10.1. The maximum absolute atomic E-state index is 14.7. The van der Waals surface area contributed by atoms with Gasteiger partial charge in [0.2, 0.25) is 11.6 Å². The Balaban J connectivity index is 1.78. The van der Waals surface area contributed by atoms with Crippen LogP contribution in [0.4, 0.5) is 13.2 Å². The summed E-state index contributed by atoms with van der Waals surface area (Å²) in [6.45, 7) is 13.3. The minimum atomic E-state index is -1.17. The standard InChI is InChI=1S/C24H27F3O2/c1-5-14(3)20(25)23-15(4)11-18-12-19(21(26)22(27)24(18)29-23)28-13-17-9-7-16(6-2)8-10-17/h6,12,16-17H,2-5,7-11,13H2,1H3/b23-20-. The summed E-state index contributed by atoms with van der Waals surface area (Å²) in [6.07, 6.45) is 6.51. The molecule has 5 heteroatoms. The van der Waals surface area contributed by atoms with Crippen molar-refractivity contribution < 1.29 is 22.6 Å². The van der Waals surface area contributed by atoms with Crippen LogP contribution in [0.2, 0.25) is 0 Å². The lowest BCUT2D eigenvalue weighted by molar-refractivity contribution is 0.187. The quantitative estimate of drug-likeness (QED) is 0.477. The summed E-state index contributed by atoms with van der Waals surface area (Å²) >= 11 is 0. The largest absolute Gasteiger partial charge is 0.490 e. The van der Waals surface area contributed by atoms with E-state index in [1.165, 1.54) is 6.07 Å². The molecule has 2 nitrogen and oxygen atoms in total. The number of hydrogen-bond acceptors (Lipinski definition) is 2. The molecule has 1 aromatic carbocycles. The molecular formula is C24H27F3O2. The highest BCUT2D eigenvalue weighted by Gasteiger charge is 2.30. The van der Waals surface area contributed by atoms with E-state index in [1.54, 1.807) is 6.92 Å². The van der Waals surface area contributed by atoms with Crippen molar-refractivity contribution in [1.29, 1.82) is 0 Å². The lowest BCUT2D eigenvalue weighted by Gasteiger charge is -2.27. The summed E-state index contributed by atoms with van der Waals surface area (Å²) in [5, 5.41) is 0. The summed E-state index contributed by atoms with van der Waals surface area (Å²) in [5.41, 5.74) is 0.957. The second kappa shape index (κ2) is 8.93. The molecule has 0 spiro atoms. The van der Waals surface area contributed by atoms with Gasteiger partial charge in [0.1, 0.15) is 0 Å². The second-order valence-corrected chi connectivity index (χ2v) is 7.80. The van der Waals surface area contributed by atoms with Crippen molar-refractivity contribution in [3.63, 3.8) is 0 Å². The monoisotopic (exact) mass is 404 g/mol. The maximum Gasteiger partial charge on any atom is 0.205 e. The molecule has 0 radical (unpaired) electrons. The van der Waals surface area contributed by atoms with E-state index in [0.29, 0.717) is 36.0 Å². The minimum Gasteiger partial charge on any atom is -0.490 e. The van der Waals surface area contributed by atoms with E-state index in [4.69, 9.17) is 9.47 Å². The Kier molecular flexibility index (Phi) is 6.56. The van der Waals surface area contributed by atoms with Crippen LogP contribution >= 0.6 is 0 Å². The zero-order valence-electron chi connectivity index (χ0n) is 16.8. The van der Waals surface area contributed by atoms with Gasteiger partial charge in [-0.3, -0.25) is 0 Å². The molecule has 0 N–H and O–H groups in total. The molecule has 1 aliphatic heterocycles. The van der Waals surface area contributed by atoms with Crippen molar-refractivity contribution in [3.8, 4) is 11.5 Å². The summed E-state index contributed by atoms with van der Waals surface area (Å²) in [5.74, 6) is -2.79. The van der Waals surface area contributed by atoms with Gasteiger partial charge in [0, 0.05) is 12.0 Å². The van der Waals surface area contributed by atoms with Crippen LogP contribution in [0.1, 0.15) is 44.6 Å².